The smallest absolute Gasteiger partial charge is 0.241 e. The van der Waals surface area contributed by atoms with Crippen LogP contribution in [0.2, 0.25) is 0 Å². The van der Waals surface area contributed by atoms with Crippen LogP contribution in [0.4, 0.5) is 5.69 Å². The fourth-order valence-corrected chi connectivity index (χ4v) is 3.55. The SMILES string of the molecule is CCCCCC(C)NS(=O)(=O)c1cc(N)ccc1C. The molecule has 5 heteroatoms. The first kappa shape index (κ1) is 16.0. The van der Waals surface area contributed by atoms with E-state index in [4.69, 9.17) is 5.73 Å². The van der Waals surface area contributed by atoms with Crippen LogP contribution in [0, 0.1) is 6.92 Å². The van der Waals surface area contributed by atoms with E-state index in [1.807, 2.05) is 6.92 Å². The predicted octanol–water partition coefficient (Wildman–Crippen LogP) is 2.82. The molecule has 108 valence electrons. The van der Waals surface area contributed by atoms with Crippen molar-refractivity contribution in [1.82, 2.24) is 4.72 Å². The van der Waals surface area contributed by atoms with Gasteiger partial charge in [0, 0.05) is 11.7 Å². The average molecular weight is 284 g/mol. The van der Waals surface area contributed by atoms with E-state index < -0.39 is 10.0 Å². The molecule has 1 atom stereocenters. The highest BCUT2D eigenvalue weighted by Crippen LogP contribution is 2.19. The summed E-state index contributed by atoms with van der Waals surface area (Å²) in [6, 6.07) is 4.89. The Hall–Kier alpha value is -1.07. The molecule has 19 heavy (non-hydrogen) atoms. The van der Waals surface area contributed by atoms with E-state index in [1.54, 1.807) is 19.1 Å². The molecule has 0 heterocycles. The number of rotatable bonds is 7. The molecule has 3 N–H and O–H groups in total. The molecule has 0 aromatic heterocycles. The van der Waals surface area contributed by atoms with Crippen LogP contribution < -0.4 is 10.5 Å². The molecule has 0 radical (unpaired) electrons. The Labute approximate surface area is 116 Å². The first-order chi connectivity index (χ1) is 8.86. The van der Waals surface area contributed by atoms with Crippen LogP contribution in [0.15, 0.2) is 23.1 Å². The fraction of sp³-hybridized carbons (Fsp3) is 0.571. The first-order valence-electron chi connectivity index (χ1n) is 6.75. The minimum Gasteiger partial charge on any atom is -0.399 e. The number of anilines is 1. The molecule has 1 unspecified atom stereocenters. The van der Waals surface area contributed by atoms with Gasteiger partial charge in [0.05, 0.1) is 4.90 Å². The number of hydrogen-bond acceptors (Lipinski definition) is 3. The summed E-state index contributed by atoms with van der Waals surface area (Å²) >= 11 is 0. The lowest BCUT2D eigenvalue weighted by Gasteiger charge is -2.15. The molecule has 0 aliphatic rings. The molecule has 0 saturated carbocycles. The fourth-order valence-electron chi connectivity index (χ4n) is 1.99. The van der Waals surface area contributed by atoms with Gasteiger partial charge in [-0.05, 0) is 38.0 Å². The number of unbranched alkanes of at least 4 members (excludes halogenated alkanes) is 2. The van der Waals surface area contributed by atoms with E-state index >= 15 is 0 Å². The number of benzene rings is 1. The maximum Gasteiger partial charge on any atom is 0.241 e. The standard InChI is InChI=1S/C14H24N2O2S/c1-4-5-6-7-12(3)16-19(17,18)14-10-13(15)9-8-11(14)2/h8-10,12,16H,4-7,15H2,1-3H3. The number of sulfonamides is 1. The third-order valence-electron chi connectivity index (χ3n) is 3.10. The zero-order valence-electron chi connectivity index (χ0n) is 11.9. The summed E-state index contributed by atoms with van der Waals surface area (Å²) in [7, 11) is -3.48. The van der Waals surface area contributed by atoms with Crippen molar-refractivity contribution in [3.8, 4) is 0 Å². The third-order valence-corrected chi connectivity index (χ3v) is 4.83. The third kappa shape index (κ3) is 4.84. The van der Waals surface area contributed by atoms with Gasteiger partial charge in [-0.25, -0.2) is 13.1 Å². The molecule has 0 spiro atoms. The van der Waals surface area contributed by atoms with Crippen LogP contribution >= 0.6 is 0 Å². The average Bonchev–Trinajstić information content (AvgIpc) is 2.32. The summed E-state index contributed by atoms with van der Waals surface area (Å²) in [4.78, 5) is 0.273. The van der Waals surface area contributed by atoms with Gasteiger partial charge < -0.3 is 5.73 Å². The lowest BCUT2D eigenvalue weighted by molar-refractivity contribution is 0.527. The van der Waals surface area contributed by atoms with Gasteiger partial charge in [0.15, 0.2) is 0 Å². The van der Waals surface area contributed by atoms with Crippen molar-refractivity contribution in [2.75, 3.05) is 5.73 Å². The van der Waals surface area contributed by atoms with Gasteiger partial charge in [0.25, 0.3) is 0 Å². The second-order valence-corrected chi connectivity index (χ2v) is 6.73. The highest BCUT2D eigenvalue weighted by Gasteiger charge is 2.19. The van der Waals surface area contributed by atoms with Gasteiger partial charge >= 0.3 is 0 Å². The molecule has 0 fully saturated rings. The molecule has 0 aliphatic carbocycles. The van der Waals surface area contributed by atoms with Crippen LogP contribution in [0.5, 0.6) is 0 Å². The highest BCUT2D eigenvalue weighted by molar-refractivity contribution is 7.89. The largest absolute Gasteiger partial charge is 0.399 e. The summed E-state index contributed by atoms with van der Waals surface area (Å²) in [6.07, 6.45) is 4.15. The molecule has 0 saturated heterocycles. The van der Waals surface area contributed by atoms with Crippen molar-refractivity contribution in [3.63, 3.8) is 0 Å². The quantitative estimate of drug-likeness (QED) is 0.597. The van der Waals surface area contributed by atoms with E-state index in [0.717, 1.165) is 25.7 Å². The molecule has 0 aliphatic heterocycles. The first-order valence-corrected chi connectivity index (χ1v) is 8.23. The zero-order valence-corrected chi connectivity index (χ0v) is 12.8. The van der Waals surface area contributed by atoms with Crippen molar-refractivity contribution in [1.29, 1.82) is 0 Å². The van der Waals surface area contributed by atoms with Gasteiger partial charge in [-0.1, -0.05) is 32.3 Å². The summed E-state index contributed by atoms with van der Waals surface area (Å²) < 4.78 is 27.3. The van der Waals surface area contributed by atoms with E-state index in [9.17, 15) is 8.42 Å². The van der Waals surface area contributed by atoms with Crippen molar-refractivity contribution in [2.45, 2.75) is 57.4 Å². The Morgan fingerprint density at radius 2 is 2.00 bits per heavy atom. The van der Waals surface area contributed by atoms with E-state index in [1.165, 1.54) is 6.07 Å². The number of aryl methyl sites for hydroxylation is 1. The Morgan fingerprint density at radius 1 is 1.32 bits per heavy atom. The normalized spacial score (nSPS) is 13.4. The Bertz CT molecular complexity index is 512. The number of nitrogen functional groups attached to an aromatic ring is 1. The second-order valence-electron chi connectivity index (χ2n) is 5.04. The highest BCUT2D eigenvalue weighted by atomic mass is 32.2. The van der Waals surface area contributed by atoms with Crippen LogP contribution in [0.1, 0.15) is 45.1 Å². The minimum atomic E-state index is -3.48. The monoisotopic (exact) mass is 284 g/mol. The Balaban J connectivity index is 2.78. The van der Waals surface area contributed by atoms with Crippen molar-refractivity contribution in [3.05, 3.63) is 23.8 Å². The maximum absolute atomic E-state index is 12.3. The van der Waals surface area contributed by atoms with E-state index in [-0.39, 0.29) is 10.9 Å². The summed E-state index contributed by atoms with van der Waals surface area (Å²) in [6.45, 7) is 5.80. The summed E-state index contributed by atoms with van der Waals surface area (Å²) in [5, 5.41) is 0. The molecule has 1 aromatic carbocycles. The van der Waals surface area contributed by atoms with Gasteiger partial charge in [-0.15, -0.1) is 0 Å². The maximum atomic E-state index is 12.3. The van der Waals surface area contributed by atoms with Crippen molar-refractivity contribution in [2.24, 2.45) is 0 Å². The molecular weight excluding hydrogens is 260 g/mol. The lowest BCUT2D eigenvalue weighted by atomic mass is 10.1. The molecule has 1 rings (SSSR count). The van der Waals surface area contributed by atoms with Gasteiger partial charge in [0.1, 0.15) is 0 Å². The Morgan fingerprint density at radius 3 is 2.63 bits per heavy atom. The second kappa shape index (κ2) is 6.91. The molecular formula is C14H24N2O2S. The number of nitrogens with one attached hydrogen (secondary N) is 1. The van der Waals surface area contributed by atoms with Gasteiger partial charge in [-0.3, -0.25) is 0 Å². The lowest BCUT2D eigenvalue weighted by Crippen LogP contribution is -2.33. The van der Waals surface area contributed by atoms with Crippen LogP contribution in [0.3, 0.4) is 0 Å². The van der Waals surface area contributed by atoms with Crippen molar-refractivity contribution >= 4 is 15.7 Å². The van der Waals surface area contributed by atoms with Gasteiger partial charge in [-0.2, -0.15) is 0 Å². The molecule has 0 bridgehead atoms. The molecule has 0 amide bonds. The van der Waals surface area contributed by atoms with Crippen molar-refractivity contribution < 1.29 is 8.42 Å². The van der Waals surface area contributed by atoms with Crippen LogP contribution in [0.25, 0.3) is 0 Å². The Kier molecular flexibility index (Phi) is 5.82. The van der Waals surface area contributed by atoms with Gasteiger partial charge in [0.2, 0.25) is 10.0 Å². The minimum absolute atomic E-state index is 0.0580. The topological polar surface area (TPSA) is 72.2 Å². The predicted molar refractivity (Wildman–Crippen MR) is 79.5 cm³/mol. The number of hydrogen-bond donors (Lipinski definition) is 2. The van der Waals surface area contributed by atoms with E-state index in [2.05, 4.69) is 11.6 Å². The molecule has 1 aromatic rings. The number of nitrogens with two attached hydrogens (primary N) is 1. The molecule has 4 nitrogen and oxygen atoms in total. The van der Waals surface area contributed by atoms with Crippen LogP contribution in [-0.2, 0) is 10.0 Å². The summed E-state index contributed by atoms with van der Waals surface area (Å²) in [5.41, 5.74) is 6.83. The van der Waals surface area contributed by atoms with Crippen LogP contribution in [-0.4, -0.2) is 14.5 Å². The van der Waals surface area contributed by atoms with E-state index in [0.29, 0.717) is 11.3 Å². The zero-order chi connectivity index (χ0) is 14.5. The summed E-state index contributed by atoms with van der Waals surface area (Å²) in [5.74, 6) is 0.